The van der Waals surface area contributed by atoms with Crippen LogP contribution in [0.5, 0.6) is 0 Å². The minimum Gasteiger partial charge on any atom is -0.398 e. The summed E-state index contributed by atoms with van der Waals surface area (Å²) in [4.78, 5) is 11.1. The van der Waals surface area contributed by atoms with E-state index >= 15 is 0 Å². The normalized spacial score (nSPS) is 11.3. The quantitative estimate of drug-likeness (QED) is 0.481. The van der Waals surface area contributed by atoms with Crippen LogP contribution < -0.4 is 10.9 Å². The fourth-order valence-corrected chi connectivity index (χ4v) is 2.04. The van der Waals surface area contributed by atoms with Gasteiger partial charge in [0.25, 0.3) is 0 Å². The second-order valence-electron chi connectivity index (χ2n) is 2.85. The average molecular weight is 293 g/mol. The molecule has 0 saturated heterocycles. The van der Waals surface area contributed by atoms with E-state index in [1.165, 1.54) is 18.2 Å². The largest absolute Gasteiger partial charge is 0.398 e. The molecule has 1 aromatic rings. The number of anilines is 1. The van der Waals surface area contributed by atoms with Crippen molar-refractivity contribution in [1.29, 1.82) is 0 Å². The number of rotatable bonds is 3. The molecule has 4 N–H and O–H groups in total. The summed E-state index contributed by atoms with van der Waals surface area (Å²) in [7, 11) is -3.89. The molecule has 82 valence electrons. The van der Waals surface area contributed by atoms with Crippen LogP contribution in [0.4, 0.5) is 5.69 Å². The van der Waals surface area contributed by atoms with Gasteiger partial charge >= 0.3 is 0 Å². The zero-order chi connectivity index (χ0) is 11.6. The summed E-state index contributed by atoms with van der Waals surface area (Å²) in [6.45, 7) is 0. The molecule has 0 bridgehead atoms. The lowest BCUT2D eigenvalue weighted by molar-refractivity contribution is 0.102. The van der Waals surface area contributed by atoms with Crippen molar-refractivity contribution in [1.82, 2.24) is 0 Å². The van der Waals surface area contributed by atoms with Crippen molar-refractivity contribution in [2.75, 3.05) is 11.1 Å². The highest BCUT2D eigenvalue weighted by Crippen LogP contribution is 2.19. The van der Waals surface area contributed by atoms with Gasteiger partial charge in [-0.05, 0) is 18.2 Å². The Bertz CT molecular complexity index is 499. The molecule has 0 spiro atoms. The number of benzene rings is 1. The predicted molar refractivity (Wildman–Crippen MR) is 60.4 cm³/mol. The number of hydrogen-bond acceptors (Lipinski definition) is 4. The van der Waals surface area contributed by atoms with Crippen molar-refractivity contribution < 1.29 is 13.2 Å². The topological polar surface area (TPSA) is 103 Å². The Hall–Kier alpha value is -0.920. The summed E-state index contributed by atoms with van der Waals surface area (Å²) < 4.78 is 22.2. The van der Waals surface area contributed by atoms with Crippen LogP contribution in [-0.4, -0.2) is 19.5 Å². The molecule has 0 saturated carbocycles. The van der Waals surface area contributed by atoms with Gasteiger partial charge in [-0.15, -0.1) is 0 Å². The Morgan fingerprint density at radius 2 is 2.00 bits per heavy atom. The molecule has 0 unspecified atom stereocenters. The van der Waals surface area contributed by atoms with Gasteiger partial charge < -0.3 is 5.73 Å². The first kappa shape index (κ1) is 12.2. The van der Waals surface area contributed by atoms with E-state index in [2.05, 4.69) is 15.9 Å². The van der Waals surface area contributed by atoms with Gasteiger partial charge in [0.05, 0.1) is 11.0 Å². The average Bonchev–Trinajstić information content (AvgIpc) is 2.15. The number of nitrogens with two attached hydrogens (primary N) is 2. The maximum absolute atomic E-state index is 11.3. The zero-order valence-corrected chi connectivity index (χ0v) is 10.0. The van der Waals surface area contributed by atoms with Gasteiger partial charge in [0.2, 0.25) is 10.0 Å². The number of hydrogen-bond donors (Lipinski definition) is 2. The van der Waals surface area contributed by atoms with Crippen molar-refractivity contribution in [3.8, 4) is 0 Å². The molecule has 0 aliphatic carbocycles. The van der Waals surface area contributed by atoms with Crippen LogP contribution in [0, 0.1) is 0 Å². The Morgan fingerprint density at radius 3 is 2.47 bits per heavy atom. The number of alkyl halides is 1. The number of sulfonamides is 1. The fraction of sp³-hybridized carbons (Fsp3) is 0.125. The third-order valence-corrected chi connectivity index (χ3v) is 3.24. The molecule has 15 heavy (non-hydrogen) atoms. The highest BCUT2D eigenvalue weighted by molar-refractivity contribution is 9.09. The van der Waals surface area contributed by atoms with Crippen LogP contribution >= 0.6 is 15.9 Å². The first-order valence-electron chi connectivity index (χ1n) is 3.87. The predicted octanol–water partition coefficient (Wildman–Crippen LogP) is 0.494. The maximum atomic E-state index is 11.3. The molecule has 0 aliphatic rings. The van der Waals surface area contributed by atoms with Gasteiger partial charge in [0.15, 0.2) is 5.78 Å². The van der Waals surface area contributed by atoms with Gasteiger partial charge in [0, 0.05) is 5.56 Å². The Balaban J connectivity index is 3.36. The number of Topliss-reactive ketones (excluding diaryl/α,β-unsaturated/α-hetero) is 1. The number of halogens is 1. The SMILES string of the molecule is Nc1ccc(C(=O)CBr)cc1S(N)(=O)=O. The maximum Gasteiger partial charge on any atom is 0.240 e. The lowest BCUT2D eigenvalue weighted by Crippen LogP contribution is -2.15. The Labute approximate surface area is 95.6 Å². The molecule has 7 heteroatoms. The molecule has 1 aromatic carbocycles. The smallest absolute Gasteiger partial charge is 0.240 e. The van der Waals surface area contributed by atoms with E-state index in [0.29, 0.717) is 0 Å². The van der Waals surface area contributed by atoms with Crippen molar-refractivity contribution in [2.45, 2.75) is 4.90 Å². The van der Waals surface area contributed by atoms with Crippen LogP contribution in [-0.2, 0) is 10.0 Å². The van der Waals surface area contributed by atoms with E-state index in [-0.39, 0.29) is 27.3 Å². The molecule has 0 atom stereocenters. The van der Waals surface area contributed by atoms with Crippen molar-refractivity contribution in [2.24, 2.45) is 5.14 Å². The van der Waals surface area contributed by atoms with Gasteiger partial charge in [0.1, 0.15) is 4.90 Å². The van der Waals surface area contributed by atoms with Crippen molar-refractivity contribution in [3.05, 3.63) is 23.8 Å². The Kier molecular flexibility index (Phi) is 3.48. The van der Waals surface area contributed by atoms with Crippen LogP contribution in [0.15, 0.2) is 23.1 Å². The van der Waals surface area contributed by atoms with Gasteiger partial charge in [-0.2, -0.15) is 0 Å². The van der Waals surface area contributed by atoms with Crippen LogP contribution in [0.1, 0.15) is 10.4 Å². The first-order valence-corrected chi connectivity index (χ1v) is 6.54. The Morgan fingerprint density at radius 1 is 1.40 bits per heavy atom. The van der Waals surface area contributed by atoms with Gasteiger partial charge in [-0.3, -0.25) is 4.79 Å². The van der Waals surface area contributed by atoms with Crippen LogP contribution in [0.3, 0.4) is 0 Å². The first-order chi connectivity index (χ1) is 6.86. The van der Waals surface area contributed by atoms with E-state index in [1.54, 1.807) is 0 Å². The zero-order valence-electron chi connectivity index (χ0n) is 7.60. The monoisotopic (exact) mass is 292 g/mol. The number of carbonyl (C=O) groups is 1. The number of carbonyl (C=O) groups excluding carboxylic acids is 1. The van der Waals surface area contributed by atoms with E-state index in [4.69, 9.17) is 10.9 Å². The molecule has 0 radical (unpaired) electrons. The van der Waals surface area contributed by atoms with E-state index < -0.39 is 10.0 Å². The third kappa shape index (κ3) is 2.77. The van der Waals surface area contributed by atoms with E-state index in [1.807, 2.05) is 0 Å². The third-order valence-electron chi connectivity index (χ3n) is 1.76. The number of nitrogen functional groups attached to an aromatic ring is 1. The standard InChI is InChI=1S/C8H9BrN2O3S/c9-4-7(12)5-1-2-6(10)8(3-5)15(11,13)14/h1-3H,4,10H2,(H2,11,13,14). The molecule has 0 fully saturated rings. The number of ketones is 1. The minimum atomic E-state index is -3.89. The molecule has 1 rings (SSSR count). The summed E-state index contributed by atoms with van der Waals surface area (Å²) in [6.07, 6.45) is 0. The molecule has 0 aromatic heterocycles. The summed E-state index contributed by atoms with van der Waals surface area (Å²) in [5.74, 6) is -0.236. The minimum absolute atomic E-state index is 0.0311. The highest BCUT2D eigenvalue weighted by Gasteiger charge is 2.15. The summed E-state index contributed by atoms with van der Waals surface area (Å²) in [5, 5.41) is 5.05. The molecule has 0 amide bonds. The van der Waals surface area contributed by atoms with Crippen LogP contribution in [0.2, 0.25) is 0 Å². The van der Waals surface area contributed by atoms with E-state index in [9.17, 15) is 13.2 Å². The summed E-state index contributed by atoms with van der Waals surface area (Å²) >= 11 is 2.98. The summed E-state index contributed by atoms with van der Waals surface area (Å²) in [5.41, 5.74) is 5.72. The van der Waals surface area contributed by atoms with Crippen molar-refractivity contribution in [3.63, 3.8) is 0 Å². The molecule has 0 heterocycles. The molecular weight excluding hydrogens is 284 g/mol. The molecule has 5 nitrogen and oxygen atoms in total. The summed E-state index contributed by atoms with van der Waals surface area (Å²) in [6, 6.07) is 3.97. The lowest BCUT2D eigenvalue weighted by Gasteiger charge is -2.04. The fourth-order valence-electron chi connectivity index (χ4n) is 1.03. The number of primary sulfonamides is 1. The second kappa shape index (κ2) is 4.30. The highest BCUT2D eigenvalue weighted by atomic mass is 79.9. The molecule has 0 aliphatic heterocycles. The lowest BCUT2D eigenvalue weighted by atomic mass is 10.1. The van der Waals surface area contributed by atoms with Gasteiger partial charge in [-0.1, -0.05) is 15.9 Å². The second-order valence-corrected chi connectivity index (χ2v) is 4.95. The molecular formula is C8H9BrN2O3S. The van der Waals surface area contributed by atoms with Crippen LogP contribution in [0.25, 0.3) is 0 Å². The van der Waals surface area contributed by atoms with Gasteiger partial charge in [-0.25, -0.2) is 13.6 Å². The van der Waals surface area contributed by atoms with Crippen molar-refractivity contribution >= 4 is 37.4 Å². The van der Waals surface area contributed by atoms with E-state index in [0.717, 1.165) is 0 Å².